The monoisotopic (exact) mass is 618 g/mol. The van der Waals surface area contributed by atoms with Crippen molar-refractivity contribution >= 4 is 52.8 Å². The van der Waals surface area contributed by atoms with Gasteiger partial charge < -0.3 is 0 Å². The molecule has 3 rings (SSSR count). The molecule has 0 aliphatic rings. The first-order valence-electron chi connectivity index (χ1n) is 9.92. The topological polar surface area (TPSA) is 80.5 Å². The van der Waals surface area contributed by atoms with E-state index in [1.54, 1.807) is 11.7 Å². The zero-order valence-corrected chi connectivity index (χ0v) is 22.0. The van der Waals surface area contributed by atoms with Crippen molar-refractivity contribution < 1.29 is 44.9 Å². The number of aromatic nitrogens is 4. The Hall–Kier alpha value is -1.63. The third kappa shape index (κ3) is 9.35. The number of methoxy groups -OCH3 is 1. The van der Waals surface area contributed by atoms with Gasteiger partial charge in [-0.3, -0.25) is 0 Å². The van der Waals surface area contributed by atoms with Gasteiger partial charge in [-0.05, 0) is 0 Å². The summed E-state index contributed by atoms with van der Waals surface area (Å²) >= 11 is 3.61. The van der Waals surface area contributed by atoms with E-state index >= 15 is 0 Å². The number of rotatable bonds is 12. The van der Waals surface area contributed by atoms with Crippen molar-refractivity contribution in [3.05, 3.63) is 30.6 Å². The van der Waals surface area contributed by atoms with E-state index < -0.39 is 40.3 Å². The molecule has 0 aliphatic carbocycles. The number of alkyl halides is 6. The van der Waals surface area contributed by atoms with Gasteiger partial charge in [-0.25, -0.2) is 0 Å². The Morgan fingerprint density at radius 3 is 2.22 bits per heavy atom. The molecule has 36 heavy (non-hydrogen) atoms. The van der Waals surface area contributed by atoms with E-state index in [9.17, 15) is 26.3 Å². The number of imidazole rings is 1. The maximum atomic E-state index is 12.4. The molecule has 0 amide bonds. The Labute approximate surface area is 215 Å². The van der Waals surface area contributed by atoms with Crippen molar-refractivity contribution in [3.63, 3.8) is 0 Å². The Morgan fingerprint density at radius 2 is 1.64 bits per heavy atom. The van der Waals surface area contributed by atoms with E-state index in [-0.39, 0.29) is 13.2 Å². The summed E-state index contributed by atoms with van der Waals surface area (Å²) in [6.45, 7) is -3.37. The first kappa shape index (κ1) is 28.9. The number of benzene rings is 1. The summed E-state index contributed by atoms with van der Waals surface area (Å²) in [5.41, 5.74) is 1.01. The van der Waals surface area contributed by atoms with E-state index in [1.165, 1.54) is 18.1 Å². The van der Waals surface area contributed by atoms with Crippen LogP contribution in [-0.4, -0.2) is 82.0 Å². The number of hydrogen-bond acceptors (Lipinski definition) is 8. The van der Waals surface area contributed by atoms with Gasteiger partial charge in [-0.15, -0.1) is 0 Å². The van der Waals surface area contributed by atoms with Crippen LogP contribution in [0.4, 0.5) is 26.3 Å². The van der Waals surface area contributed by atoms with Crippen LogP contribution in [0.5, 0.6) is 5.75 Å². The molecule has 0 spiro atoms. The van der Waals surface area contributed by atoms with Crippen molar-refractivity contribution in [2.24, 2.45) is 0 Å². The second-order valence-electron chi connectivity index (χ2n) is 6.86. The van der Waals surface area contributed by atoms with Gasteiger partial charge in [-0.2, -0.15) is 26.3 Å². The molecule has 0 saturated heterocycles. The van der Waals surface area contributed by atoms with E-state index in [1.807, 2.05) is 24.3 Å². The fraction of sp³-hybridized carbons (Fsp3) is 0.421. The normalized spacial score (nSPS) is 12.6. The molecule has 0 saturated carbocycles. The summed E-state index contributed by atoms with van der Waals surface area (Å²) in [6, 6.07) is 7.36. The molecule has 0 fully saturated rings. The van der Waals surface area contributed by atoms with Crippen LogP contribution < -0.4 is 9.35 Å². The Morgan fingerprint density at radius 1 is 1.00 bits per heavy atom. The minimum atomic E-state index is -4.71. The van der Waals surface area contributed by atoms with Crippen LogP contribution >= 0.6 is 20.1 Å². The molecule has 2 radical (unpaired) electrons. The van der Waals surface area contributed by atoms with Crippen LogP contribution in [0.3, 0.4) is 0 Å². The Kier molecular flexibility index (Phi) is 10.2. The van der Waals surface area contributed by atoms with Crippen LogP contribution in [0.25, 0.3) is 11.2 Å². The first-order valence-corrected chi connectivity index (χ1v) is 13.0. The van der Waals surface area contributed by atoms with Gasteiger partial charge in [0.25, 0.3) is 0 Å². The number of halogens is 6. The first-order chi connectivity index (χ1) is 16.9. The zero-order chi connectivity index (χ0) is 26.3. The molecule has 0 bridgehead atoms. The van der Waals surface area contributed by atoms with E-state index in [4.69, 9.17) is 9.47 Å². The SMILES string of the molecule is COc1ccc(Sc2nc([As])nc3c2ncn3CCOCP(OCC(F)(F)F)OCC(F)(F)F)cc1. The quantitative estimate of drug-likeness (QED) is 0.0983. The van der Waals surface area contributed by atoms with Crippen molar-refractivity contribution in [2.45, 2.75) is 28.8 Å². The molecular formula is C19H18AsF6N4O4PS. The minimum absolute atomic E-state index is 0.0616. The summed E-state index contributed by atoms with van der Waals surface area (Å²) in [7, 11) is -0.993. The second-order valence-corrected chi connectivity index (χ2v) is 10.2. The van der Waals surface area contributed by atoms with Crippen LogP contribution in [-0.2, 0) is 20.3 Å². The fourth-order valence-corrected chi connectivity index (χ4v) is 5.11. The van der Waals surface area contributed by atoms with Crippen molar-refractivity contribution in [2.75, 3.05) is 33.3 Å². The van der Waals surface area contributed by atoms with Crippen LogP contribution in [0.2, 0.25) is 0 Å². The van der Waals surface area contributed by atoms with Gasteiger partial charge in [0.05, 0.1) is 0 Å². The number of fused-ring (bicyclic) bond motifs is 1. The van der Waals surface area contributed by atoms with Gasteiger partial charge in [0.1, 0.15) is 0 Å². The van der Waals surface area contributed by atoms with E-state index in [0.717, 1.165) is 4.90 Å². The average molecular weight is 618 g/mol. The molecule has 0 aliphatic heterocycles. The molecular weight excluding hydrogens is 600 g/mol. The van der Waals surface area contributed by atoms with Gasteiger partial charge >= 0.3 is 189 Å². The second kappa shape index (κ2) is 12.7. The van der Waals surface area contributed by atoms with Crippen LogP contribution in [0.1, 0.15) is 0 Å². The molecule has 8 nitrogen and oxygen atoms in total. The number of ether oxygens (including phenoxy) is 2. The standard InChI is InChI=1S/C19H18AsF6N4O4PS/c1-31-12-2-4-13(5-3-12)36-16-14-15(28-17(20)29-16)30(10-27-14)6-7-32-11-35(33-8-18(21,22)23)34-9-19(24,25)26/h2-5,10H,6-9,11H2,1H3. The number of nitrogens with zero attached hydrogens (tertiary/aromatic N) is 4. The molecule has 1 aromatic carbocycles. The molecule has 3 aromatic rings. The molecule has 17 heteroatoms. The van der Waals surface area contributed by atoms with Crippen molar-refractivity contribution in [1.29, 1.82) is 0 Å². The summed E-state index contributed by atoms with van der Waals surface area (Å²) < 4.78 is 95.7. The molecule has 0 N–H and O–H groups in total. The average Bonchev–Trinajstić information content (AvgIpc) is 3.20. The maximum absolute atomic E-state index is 12.4. The third-order valence-electron chi connectivity index (χ3n) is 4.11. The summed E-state index contributed by atoms with van der Waals surface area (Å²) in [5, 5.41) is 0.602. The molecule has 0 atom stereocenters. The van der Waals surface area contributed by atoms with Crippen molar-refractivity contribution in [1.82, 2.24) is 19.5 Å². The Balaban J connectivity index is 1.62. The Bertz CT molecular complexity index is 1120. The molecule has 2 heterocycles. The van der Waals surface area contributed by atoms with Gasteiger partial charge in [0.15, 0.2) is 0 Å². The summed E-state index contributed by atoms with van der Waals surface area (Å²) in [6.07, 6.45) is -8.50. The summed E-state index contributed by atoms with van der Waals surface area (Å²) in [5.74, 6) is 0.709. The predicted octanol–water partition coefficient (Wildman–Crippen LogP) is 4.22. The number of hydrogen-bond donors (Lipinski definition) is 0. The predicted molar refractivity (Wildman–Crippen MR) is 120 cm³/mol. The van der Waals surface area contributed by atoms with E-state index in [0.29, 0.717) is 26.6 Å². The van der Waals surface area contributed by atoms with Gasteiger partial charge in [-0.1, -0.05) is 0 Å². The third-order valence-corrected chi connectivity index (χ3v) is 6.74. The van der Waals surface area contributed by atoms with E-state index in [2.05, 4.69) is 40.9 Å². The van der Waals surface area contributed by atoms with Crippen molar-refractivity contribution in [3.8, 4) is 5.75 Å². The fourth-order valence-electron chi connectivity index (χ4n) is 2.60. The van der Waals surface area contributed by atoms with Gasteiger partial charge in [0, 0.05) is 0 Å². The molecule has 2 aromatic heterocycles. The molecule has 0 unspecified atom stereocenters. The van der Waals surface area contributed by atoms with Gasteiger partial charge in [0.2, 0.25) is 0 Å². The molecule has 196 valence electrons. The summed E-state index contributed by atoms with van der Waals surface area (Å²) in [4.78, 5) is 14.0. The van der Waals surface area contributed by atoms with Crippen LogP contribution in [0, 0.1) is 0 Å². The van der Waals surface area contributed by atoms with Crippen LogP contribution in [0.15, 0.2) is 40.5 Å². The zero-order valence-electron chi connectivity index (χ0n) is 18.4.